The van der Waals surface area contributed by atoms with Crippen LogP contribution in [0.3, 0.4) is 0 Å². The largest absolute Gasteiger partial charge is 0.272 e. The van der Waals surface area contributed by atoms with Gasteiger partial charge in [0.1, 0.15) is 6.04 Å². The number of aromatic nitrogens is 1. The van der Waals surface area contributed by atoms with E-state index in [1.54, 1.807) is 35.8 Å². The summed E-state index contributed by atoms with van der Waals surface area (Å²) in [5, 5.41) is 2.34. The summed E-state index contributed by atoms with van der Waals surface area (Å²) in [6.45, 7) is 2.26. The average Bonchev–Trinajstić information content (AvgIpc) is 3.25. The minimum absolute atomic E-state index is 0.224. The predicted octanol–water partition coefficient (Wildman–Crippen LogP) is 2.99. The molecule has 0 radical (unpaired) electrons. The van der Waals surface area contributed by atoms with Crippen LogP contribution in [0.1, 0.15) is 18.4 Å². The molecule has 3 rings (SSSR count). The number of aryl methyl sites for hydroxylation is 1. The van der Waals surface area contributed by atoms with E-state index < -0.39 is 16.1 Å². The first-order valence-corrected chi connectivity index (χ1v) is 10.7. The van der Waals surface area contributed by atoms with Gasteiger partial charge >= 0.3 is 0 Å². The number of thiazole rings is 1. The summed E-state index contributed by atoms with van der Waals surface area (Å²) in [4.78, 5) is 17.1. The van der Waals surface area contributed by atoms with Crippen molar-refractivity contribution in [3.05, 3.63) is 41.4 Å². The second kappa shape index (κ2) is 7.06. The predicted molar refractivity (Wildman–Crippen MR) is 102 cm³/mol. The second-order valence-electron chi connectivity index (χ2n) is 5.52. The molecule has 1 fully saturated rings. The Kier molecular flexibility index (Phi) is 5.23. The lowest BCUT2D eigenvalue weighted by Gasteiger charge is -2.25. The summed E-state index contributed by atoms with van der Waals surface area (Å²) in [6.07, 6.45) is 2.81. The molecule has 128 valence electrons. The van der Waals surface area contributed by atoms with Gasteiger partial charge in [-0.05, 0) is 31.9 Å². The summed E-state index contributed by atoms with van der Waals surface area (Å²) in [5.74, 6) is -0.251. The highest BCUT2D eigenvalue weighted by Crippen LogP contribution is 2.30. The van der Waals surface area contributed by atoms with Crippen LogP contribution in [-0.2, 0) is 14.8 Å². The summed E-state index contributed by atoms with van der Waals surface area (Å²) >= 11 is 3.23. The van der Waals surface area contributed by atoms with E-state index in [2.05, 4.69) is 4.98 Å². The lowest BCUT2D eigenvalue weighted by Crippen LogP contribution is -2.44. The third-order valence-corrected chi connectivity index (χ3v) is 7.84. The van der Waals surface area contributed by atoms with Crippen molar-refractivity contribution in [2.75, 3.05) is 9.66 Å². The standard InChI is InChI=1S/C15H16IN3O3S2/c1-11-4-6-12(7-5-11)24(21,22)18-9-2-3-13(18)14(20)19(16)15-17-8-10-23-15/h4-8,10,13H,2-3,9H2,1H3. The van der Waals surface area contributed by atoms with E-state index in [0.717, 1.165) is 5.56 Å². The first-order valence-electron chi connectivity index (χ1n) is 7.39. The topological polar surface area (TPSA) is 70.6 Å². The fourth-order valence-corrected chi connectivity index (χ4v) is 5.64. The molecule has 0 aliphatic carbocycles. The Bertz CT molecular complexity index is 822. The monoisotopic (exact) mass is 477 g/mol. The van der Waals surface area contributed by atoms with E-state index in [-0.39, 0.29) is 10.8 Å². The fraction of sp³-hybridized carbons (Fsp3) is 0.333. The van der Waals surface area contributed by atoms with Gasteiger partial charge in [0.2, 0.25) is 15.2 Å². The average molecular weight is 477 g/mol. The molecule has 1 amide bonds. The van der Waals surface area contributed by atoms with Crippen LogP contribution in [-0.4, -0.2) is 36.2 Å². The van der Waals surface area contributed by atoms with Gasteiger partial charge in [-0.15, -0.1) is 11.3 Å². The van der Waals surface area contributed by atoms with Gasteiger partial charge in [0.25, 0.3) is 5.91 Å². The molecular weight excluding hydrogens is 461 g/mol. The SMILES string of the molecule is Cc1ccc(S(=O)(=O)N2CCCC2C(=O)N(I)c2nccs2)cc1. The van der Waals surface area contributed by atoms with Crippen LogP contribution in [0.25, 0.3) is 0 Å². The minimum Gasteiger partial charge on any atom is -0.272 e. The molecule has 6 nitrogen and oxygen atoms in total. The molecule has 1 aliphatic rings. The first kappa shape index (κ1) is 17.8. The zero-order valence-corrected chi connectivity index (χ0v) is 16.7. The Morgan fingerprint density at radius 2 is 2.08 bits per heavy atom. The zero-order valence-electron chi connectivity index (χ0n) is 12.9. The molecule has 1 unspecified atom stereocenters. The molecular formula is C15H16IN3O3S2. The van der Waals surface area contributed by atoms with Gasteiger partial charge in [0, 0.05) is 18.1 Å². The van der Waals surface area contributed by atoms with Crippen LogP contribution in [0.5, 0.6) is 0 Å². The third kappa shape index (κ3) is 3.35. The number of rotatable bonds is 4. The Balaban J connectivity index is 1.87. The molecule has 0 saturated carbocycles. The summed E-state index contributed by atoms with van der Waals surface area (Å²) in [7, 11) is -3.69. The van der Waals surface area contributed by atoms with Crippen molar-refractivity contribution in [3.63, 3.8) is 0 Å². The van der Waals surface area contributed by atoms with Crippen LogP contribution in [0, 0.1) is 6.92 Å². The van der Waals surface area contributed by atoms with E-state index in [0.29, 0.717) is 24.5 Å². The van der Waals surface area contributed by atoms with Crippen molar-refractivity contribution in [2.45, 2.75) is 30.7 Å². The van der Waals surface area contributed by atoms with Gasteiger partial charge in [-0.25, -0.2) is 16.5 Å². The van der Waals surface area contributed by atoms with Crippen molar-refractivity contribution in [3.8, 4) is 0 Å². The van der Waals surface area contributed by atoms with Crippen LogP contribution in [0.15, 0.2) is 40.7 Å². The molecule has 1 aromatic heterocycles. The molecule has 1 aliphatic heterocycles. The lowest BCUT2D eigenvalue weighted by molar-refractivity contribution is -0.120. The maximum Gasteiger partial charge on any atom is 0.256 e. The van der Waals surface area contributed by atoms with E-state index >= 15 is 0 Å². The van der Waals surface area contributed by atoms with Gasteiger partial charge < -0.3 is 0 Å². The number of carbonyl (C=O) groups is 1. The van der Waals surface area contributed by atoms with Crippen molar-refractivity contribution >= 4 is 55.3 Å². The number of carbonyl (C=O) groups excluding carboxylic acids is 1. The molecule has 1 atom stereocenters. The Morgan fingerprint density at radius 1 is 1.38 bits per heavy atom. The normalized spacial score (nSPS) is 18.7. The minimum atomic E-state index is -3.69. The summed E-state index contributed by atoms with van der Waals surface area (Å²) < 4.78 is 28.6. The molecule has 9 heteroatoms. The van der Waals surface area contributed by atoms with E-state index in [1.807, 2.05) is 29.8 Å². The Morgan fingerprint density at radius 3 is 2.71 bits per heavy atom. The van der Waals surface area contributed by atoms with Crippen molar-refractivity contribution in [1.29, 1.82) is 0 Å². The van der Waals surface area contributed by atoms with E-state index in [4.69, 9.17) is 0 Å². The Labute approximate surface area is 159 Å². The van der Waals surface area contributed by atoms with Gasteiger partial charge in [0.05, 0.1) is 27.8 Å². The highest BCUT2D eigenvalue weighted by atomic mass is 127. The molecule has 0 spiro atoms. The van der Waals surface area contributed by atoms with Crippen molar-refractivity contribution in [1.82, 2.24) is 9.29 Å². The van der Waals surface area contributed by atoms with Gasteiger partial charge in [0.15, 0.2) is 0 Å². The first-order chi connectivity index (χ1) is 11.4. The number of amides is 1. The maximum atomic E-state index is 12.9. The number of sulfonamides is 1. The fourth-order valence-electron chi connectivity index (χ4n) is 2.66. The number of benzene rings is 1. The molecule has 0 N–H and O–H groups in total. The maximum absolute atomic E-state index is 12.9. The van der Waals surface area contributed by atoms with E-state index in [9.17, 15) is 13.2 Å². The van der Waals surface area contributed by atoms with Gasteiger partial charge in [-0.1, -0.05) is 17.7 Å². The number of nitrogens with zero attached hydrogens (tertiary/aromatic N) is 3. The smallest absolute Gasteiger partial charge is 0.256 e. The molecule has 1 aromatic carbocycles. The third-order valence-electron chi connectivity index (χ3n) is 3.90. The highest BCUT2D eigenvalue weighted by molar-refractivity contribution is 14.1. The molecule has 2 aromatic rings. The van der Waals surface area contributed by atoms with E-state index in [1.165, 1.54) is 18.8 Å². The highest BCUT2D eigenvalue weighted by Gasteiger charge is 2.41. The molecule has 0 bridgehead atoms. The quantitative estimate of drug-likeness (QED) is 0.502. The van der Waals surface area contributed by atoms with Crippen LogP contribution < -0.4 is 3.11 Å². The van der Waals surface area contributed by atoms with Crippen LogP contribution in [0.2, 0.25) is 0 Å². The molecule has 24 heavy (non-hydrogen) atoms. The van der Waals surface area contributed by atoms with Crippen LogP contribution in [0.4, 0.5) is 5.13 Å². The van der Waals surface area contributed by atoms with Crippen molar-refractivity contribution in [2.24, 2.45) is 0 Å². The molecule has 2 heterocycles. The number of hydrogen-bond donors (Lipinski definition) is 0. The van der Waals surface area contributed by atoms with Gasteiger partial charge in [-0.3, -0.25) is 4.79 Å². The van der Waals surface area contributed by atoms with Gasteiger partial charge in [-0.2, -0.15) is 4.31 Å². The zero-order chi connectivity index (χ0) is 17.3. The number of hydrogen-bond acceptors (Lipinski definition) is 5. The Hall–Kier alpha value is -1.04. The number of halogens is 1. The van der Waals surface area contributed by atoms with Crippen molar-refractivity contribution < 1.29 is 13.2 Å². The lowest BCUT2D eigenvalue weighted by atomic mass is 10.2. The second-order valence-corrected chi connectivity index (χ2v) is 9.25. The summed E-state index contributed by atoms with van der Waals surface area (Å²) in [6, 6.07) is 6.03. The van der Waals surface area contributed by atoms with Crippen LogP contribution >= 0.6 is 34.2 Å². The summed E-state index contributed by atoms with van der Waals surface area (Å²) in [5.41, 5.74) is 0.991. The number of anilines is 1. The molecule has 1 saturated heterocycles.